The van der Waals surface area contributed by atoms with Crippen molar-refractivity contribution >= 4 is 5.97 Å². The molecule has 1 atom stereocenters. The summed E-state index contributed by atoms with van der Waals surface area (Å²) >= 11 is 0. The van der Waals surface area contributed by atoms with Gasteiger partial charge in [-0.25, -0.2) is 4.39 Å². The van der Waals surface area contributed by atoms with E-state index >= 15 is 0 Å². The van der Waals surface area contributed by atoms with Gasteiger partial charge in [-0.05, 0) is 43.7 Å². The minimum Gasteiger partial charge on any atom is -0.485 e. The molecule has 1 fully saturated rings. The Morgan fingerprint density at radius 1 is 1.42 bits per heavy atom. The van der Waals surface area contributed by atoms with Crippen LogP contribution in [0.2, 0.25) is 0 Å². The number of aromatic nitrogens is 2. The largest absolute Gasteiger partial charge is 0.485 e. The van der Waals surface area contributed by atoms with Gasteiger partial charge in [0, 0.05) is 6.54 Å². The van der Waals surface area contributed by atoms with Gasteiger partial charge in [0.05, 0.1) is 12.5 Å². The molecule has 3 rings (SSSR count). The average Bonchev–Trinajstić information content (AvgIpc) is 3.02. The number of carboxylic acids is 1. The number of aliphatic carboxylic acids is 1. The summed E-state index contributed by atoms with van der Waals surface area (Å²) in [6.07, 6.45) is 1.54. The van der Waals surface area contributed by atoms with E-state index in [1.807, 2.05) is 4.90 Å². The fraction of sp³-hybridized carbons (Fsp3) is 0.438. The van der Waals surface area contributed by atoms with Crippen LogP contribution >= 0.6 is 0 Å². The van der Waals surface area contributed by atoms with Crippen LogP contribution in [0, 0.1) is 11.7 Å². The lowest BCUT2D eigenvalue weighted by molar-refractivity contribution is -0.143. The fourth-order valence-electron chi connectivity index (χ4n) is 2.68. The Bertz CT molecular complexity index is 689. The number of benzene rings is 1. The molecule has 1 saturated heterocycles. The lowest BCUT2D eigenvalue weighted by atomic mass is 9.98. The molecule has 0 aliphatic carbocycles. The van der Waals surface area contributed by atoms with E-state index in [9.17, 15) is 9.18 Å². The summed E-state index contributed by atoms with van der Waals surface area (Å²) in [6.45, 7) is 1.84. The van der Waals surface area contributed by atoms with Crippen LogP contribution in [0.4, 0.5) is 4.39 Å². The SMILES string of the molecule is O=C(O)C1CCCN(Cc2nc(COc3ccc(F)cc3)no2)C1. The van der Waals surface area contributed by atoms with Crippen molar-refractivity contribution in [2.24, 2.45) is 5.92 Å². The van der Waals surface area contributed by atoms with Gasteiger partial charge in [-0.15, -0.1) is 0 Å². The molecule has 0 saturated carbocycles. The summed E-state index contributed by atoms with van der Waals surface area (Å²) in [4.78, 5) is 17.3. The first kappa shape index (κ1) is 16.4. The summed E-state index contributed by atoms with van der Waals surface area (Å²) in [6, 6.07) is 5.67. The summed E-state index contributed by atoms with van der Waals surface area (Å²) in [7, 11) is 0. The van der Waals surface area contributed by atoms with Crippen LogP contribution in [0.3, 0.4) is 0 Å². The van der Waals surface area contributed by atoms with E-state index in [4.69, 9.17) is 14.4 Å². The Kier molecular flexibility index (Phi) is 5.05. The van der Waals surface area contributed by atoms with Gasteiger partial charge in [0.15, 0.2) is 6.61 Å². The summed E-state index contributed by atoms with van der Waals surface area (Å²) in [5.74, 6) is -0.102. The molecule has 2 aromatic rings. The first-order chi connectivity index (χ1) is 11.6. The molecule has 0 spiro atoms. The van der Waals surface area contributed by atoms with Gasteiger partial charge in [0.2, 0.25) is 11.7 Å². The minimum atomic E-state index is -0.765. The van der Waals surface area contributed by atoms with Gasteiger partial charge in [-0.2, -0.15) is 4.98 Å². The maximum atomic E-state index is 12.8. The van der Waals surface area contributed by atoms with Crippen LogP contribution in [0.1, 0.15) is 24.6 Å². The Morgan fingerprint density at radius 2 is 2.21 bits per heavy atom. The predicted molar refractivity (Wildman–Crippen MR) is 80.7 cm³/mol. The van der Waals surface area contributed by atoms with E-state index < -0.39 is 5.97 Å². The number of ether oxygens (including phenoxy) is 1. The molecule has 0 radical (unpaired) electrons. The molecule has 0 bridgehead atoms. The zero-order valence-corrected chi connectivity index (χ0v) is 13.0. The van der Waals surface area contributed by atoms with Crippen LogP contribution in [0.25, 0.3) is 0 Å². The van der Waals surface area contributed by atoms with Gasteiger partial charge in [-0.3, -0.25) is 9.69 Å². The number of piperidine rings is 1. The Balaban J connectivity index is 1.51. The van der Waals surface area contributed by atoms with Gasteiger partial charge in [-0.1, -0.05) is 5.16 Å². The highest BCUT2D eigenvalue weighted by atomic mass is 19.1. The highest BCUT2D eigenvalue weighted by Gasteiger charge is 2.26. The molecule has 24 heavy (non-hydrogen) atoms. The highest BCUT2D eigenvalue weighted by molar-refractivity contribution is 5.70. The number of carbonyl (C=O) groups is 1. The molecule has 7 nitrogen and oxygen atoms in total. The molecular weight excluding hydrogens is 317 g/mol. The van der Waals surface area contributed by atoms with E-state index in [0.29, 0.717) is 37.0 Å². The molecule has 1 aliphatic rings. The third kappa shape index (κ3) is 4.29. The van der Waals surface area contributed by atoms with Gasteiger partial charge in [0.1, 0.15) is 11.6 Å². The van der Waals surface area contributed by atoms with E-state index in [2.05, 4.69) is 10.1 Å². The quantitative estimate of drug-likeness (QED) is 0.864. The lowest BCUT2D eigenvalue weighted by Gasteiger charge is -2.29. The van der Waals surface area contributed by atoms with Crippen LogP contribution in [0.15, 0.2) is 28.8 Å². The number of hydrogen-bond donors (Lipinski definition) is 1. The van der Waals surface area contributed by atoms with Crippen LogP contribution < -0.4 is 4.74 Å². The summed E-state index contributed by atoms with van der Waals surface area (Å²) < 4.78 is 23.5. The molecule has 1 aliphatic heterocycles. The Labute approximate surface area is 138 Å². The number of likely N-dealkylation sites (tertiary alicyclic amines) is 1. The number of carboxylic acid groups (broad SMARTS) is 1. The maximum Gasteiger partial charge on any atom is 0.307 e. The van der Waals surface area contributed by atoms with Crippen LogP contribution in [0.5, 0.6) is 5.75 Å². The van der Waals surface area contributed by atoms with E-state index in [0.717, 1.165) is 13.0 Å². The Hall–Kier alpha value is -2.48. The first-order valence-corrected chi connectivity index (χ1v) is 7.75. The van der Waals surface area contributed by atoms with E-state index in [1.54, 1.807) is 0 Å². The topological polar surface area (TPSA) is 88.7 Å². The van der Waals surface area contributed by atoms with Crippen molar-refractivity contribution in [2.45, 2.75) is 26.0 Å². The maximum absolute atomic E-state index is 12.8. The zero-order valence-electron chi connectivity index (χ0n) is 13.0. The van der Waals surface area contributed by atoms with Gasteiger partial charge < -0.3 is 14.4 Å². The van der Waals surface area contributed by atoms with Crippen molar-refractivity contribution in [3.05, 3.63) is 41.8 Å². The van der Waals surface area contributed by atoms with Crippen LogP contribution in [-0.4, -0.2) is 39.2 Å². The summed E-state index contributed by atoms with van der Waals surface area (Å²) in [5.41, 5.74) is 0. The lowest BCUT2D eigenvalue weighted by Crippen LogP contribution is -2.38. The normalized spacial score (nSPS) is 18.5. The molecule has 1 aromatic heterocycles. The molecule has 1 N–H and O–H groups in total. The van der Waals surface area contributed by atoms with Crippen molar-refractivity contribution in [1.29, 1.82) is 0 Å². The van der Waals surface area contributed by atoms with E-state index in [1.165, 1.54) is 24.3 Å². The molecule has 1 unspecified atom stereocenters. The van der Waals surface area contributed by atoms with Crippen LogP contribution in [-0.2, 0) is 17.9 Å². The number of hydrogen-bond acceptors (Lipinski definition) is 6. The zero-order chi connectivity index (χ0) is 16.9. The van der Waals surface area contributed by atoms with Crippen molar-refractivity contribution < 1.29 is 23.6 Å². The van der Waals surface area contributed by atoms with Crippen molar-refractivity contribution in [1.82, 2.24) is 15.0 Å². The minimum absolute atomic E-state index is 0.118. The average molecular weight is 335 g/mol. The monoisotopic (exact) mass is 335 g/mol. The van der Waals surface area contributed by atoms with E-state index in [-0.39, 0.29) is 18.3 Å². The van der Waals surface area contributed by atoms with Crippen molar-refractivity contribution in [2.75, 3.05) is 13.1 Å². The third-order valence-corrected chi connectivity index (χ3v) is 3.91. The second kappa shape index (κ2) is 7.39. The molecule has 1 aromatic carbocycles. The number of rotatable bonds is 6. The second-order valence-corrected chi connectivity index (χ2v) is 5.76. The van der Waals surface area contributed by atoms with Crippen molar-refractivity contribution in [3.8, 4) is 5.75 Å². The molecule has 0 amide bonds. The number of halogens is 1. The second-order valence-electron chi connectivity index (χ2n) is 5.76. The predicted octanol–water partition coefficient (Wildman–Crippen LogP) is 2.08. The highest BCUT2D eigenvalue weighted by Crippen LogP contribution is 2.18. The summed E-state index contributed by atoms with van der Waals surface area (Å²) in [5, 5.41) is 12.9. The number of nitrogens with zero attached hydrogens (tertiary/aromatic N) is 3. The molecule has 128 valence electrons. The molecular formula is C16H18FN3O4. The third-order valence-electron chi connectivity index (χ3n) is 3.91. The van der Waals surface area contributed by atoms with Gasteiger partial charge in [0.25, 0.3) is 0 Å². The molecule has 2 heterocycles. The molecule has 8 heteroatoms. The fourth-order valence-corrected chi connectivity index (χ4v) is 2.68. The standard InChI is InChI=1S/C16H18FN3O4/c17-12-3-5-13(6-4-12)23-10-14-18-15(24-19-14)9-20-7-1-2-11(8-20)16(21)22/h3-6,11H,1-2,7-10H2,(H,21,22). The van der Waals surface area contributed by atoms with Crippen molar-refractivity contribution in [3.63, 3.8) is 0 Å². The van der Waals surface area contributed by atoms with Gasteiger partial charge >= 0.3 is 5.97 Å². The smallest absolute Gasteiger partial charge is 0.307 e. The Morgan fingerprint density at radius 3 is 2.96 bits per heavy atom. The first-order valence-electron chi connectivity index (χ1n) is 7.75.